The number of carbonyl (C=O) groups is 1. The van der Waals surface area contributed by atoms with Crippen LogP contribution in [0.2, 0.25) is 0 Å². The predicted octanol–water partition coefficient (Wildman–Crippen LogP) is 4.31. The molecule has 0 saturated heterocycles. The number of aliphatic carboxylic acids is 1. The molecule has 0 radical (unpaired) electrons. The van der Waals surface area contributed by atoms with Gasteiger partial charge >= 0.3 is 5.97 Å². The molecule has 0 aliphatic carbocycles. The highest BCUT2D eigenvalue weighted by Crippen LogP contribution is 2.25. The summed E-state index contributed by atoms with van der Waals surface area (Å²) in [6, 6.07) is 22.2. The number of hydrogen-bond acceptors (Lipinski definition) is 4. The number of benzene rings is 3. The van der Waals surface area contributed by atoms with E-state index in [2.05, 4.69) is 41.0 Å². The molecule has 5 nitrogen and oxygen atoms in total. The van der Waals surface area contributed by atoms with Crippen molar-refractivity contribution in [1.29, 1.82) is 0 Å². The molecule has 3 N–H and O–H groups in total. The zero-order valence-electron chi connectivity index (χ0n) is 14.6. The molecule has 134 valence electrons. The summed E-state index contributed by atoms with van der Waals surface area (Å²) in [7, 11) is 1.49. The second-order valence-corrected chi connectivity index (χ2v) is 6.00. The summed E-state index contributed by atoms with van der Waals surface area (Å²) in [4.78, 5) is 10.9. The van der Waals surface area contributed by atoms with E-state index >= 15 is 0 Å². The van der Waals surface area contributed by atoms with Crippen molar-refractivity contribution in [2.45, 2.75) is 19.2 Å². The van der Waals surface area contributed by atoms with Gasteiger partial charge < -0.3 is 20.5 Å². The molecule has 1 unspecified atom stereocenters. The fourth-order valence-electron chi connectivity index (χ4n) is 2.93. The van der Waals surface area contributed by atoms with Gasteiger partial charge in [-0.2, -0.15) is 0 Å². The highest BCUT2D eigenvalue weighted by molar-refractivity contribution is 5.86. The van der Waals surface area contributed by atoms with Crippen molar-refractivity contribution in [3.05, 3.63) is 72.3 Å². The van der Waals surface area contributed by atoms with Crippen LogP contribution in [0.4, 0.5) is 11.4 Å². The normalized spacial score (nSPS) is 11.9. The van der Waals surface area contributed by atoms with Gasteiger partial charge in [-0.25, -0.2) is 0 Å². The first-order valence-corrected chi connectivity index (χ1v) is 8.48. The number of carboxylic acid groups (broad SMARTS) is 1. The lowest BCUT2D eigenvalue weighted by Crippen LogP contribution is -2.25. The first-order chi connectivity index (χ1) is 12.7. The van der Waals surface area contributed by atoms with Crippen LogP contribution in [-0.4, -0.2) is 24.4 Å². The lowest BCUT2D eigenvalue weighted by molar-refractivity contribution is -0.139. The molecule has 1 atom stereocenters. The highest BCUT2D eigenvalue weighted by atomic mass is 16.5. The first-order valence-electron chi connectivity index (χ1n) is 8.48. The third-order valence-corrected chi connectivity index (χ3v) is 4.24. The summed E-state index contributed by atoms with van der Waals surface area (Å²) in [5.41, 5.74) is 2.90. The van der Waals surface area contributed by atoms with Crippen LogP contribution in [0.5, 0.6) is 0 Å². The van der Waals surface area contributed by atoms with Gasteiger partial charge in [0.1, 0.15) is 6.23 Å². The second kappa shape index (κ2) is 8.36. The van der Waals surface area contributed by atoms with Gasteiger partial charge in [0.05, 0.1) is 17.8 Å². The van der Waals surface area contributed by atoms with Crippen LogP contribution in [0.1, 0.15) is 12.0 Å². The van der Waals surface area contributed by atoms with Crippen LogP contribution in [0.3, 0.4) is 0 Å². The molecule has 0 aromatic heterocycles. The number of carboxylic acids is 1. The molecular weight excluding hydrogens is 328 g/mol. The zero-order valence-corrected chi connectivity index (χ0v) is 14.6. The summed E-state index contributed by atoms with van der Waals surface area (Å²) < 4.78 is 5.22. The van der Waals surface area contributed by atoms with Gasteiger partial charge in [0.15, 0.2) is 0 Å². The number of rotatable bonds is 8. The van der Waals surface area contributed by atoms with Crippen molar-refractivity contribution in [3.8, 4) is 0 Å². The molecule has 3 rings (SSSR count). The van der Waals surface area contributed by atoms with Crippen molar-refractivity contribution < 1.29 is 14.6 Å². The predicted molar refractivity (Wildman–Crippen MR) is 104 cm³/mol. The van der Waals surface area contributed by atoms with Crippen molar-refractivity contribution in [2.75, 3.05) is 17.7 Å². The summed E-state index contributed by atoms with van der Waals surface area (Å²) >= 11 is 0. The Labute approximate surface area is 152 Å². The van der Waals surface area contributed by atoms with Crippen LogP contribution in [0.15, 0.2) is 66.7 Å². The Balaban J connectivity index is 1.77. The van der Waals surface area contributed by atoms with Gasteiger partial charge in [-0.05, 0) is 28.5 Å². The Morgan fingerprint density at radius 3 is 2.46 bits per heavy atom. The molecule has 0 aliphatic heterocycles. The van der Waals surface area contributed by atoms with Crippen molar-refractivity contribution in [1.82, 2.24) is 0 Å². The standard InChI is InChI=1S/C21H22N2O3/c1-26-20(13-21(24)25)23-19-12-5-4-11-18(19)22-14-16-9-6-8-15-7-2-3-10-17(15)16/h2-12,20,22-23H,13-14H2,1H3,(H,24,25). The van der Waals surface area contributed by atoms with Gasteiger partial charge in [-0.1, -0.05) is 54.6 Å². The van der Waals surface area contributed by atoms with Crippen molar-refractivity contribution in [2.24, 2.45) is 0 Å². The second-order valence-electron chi connectivity index (χ2n) is 6.00. The van der Waals surface area contributed by atoms with Crippen LogP contribution in [0, 0.1) is 0 Å². The third-order valence-electron chi connectivity index (χ3n) is 4.24. The van der Waals surface area contributed by atoms with Gasteiger partial charge in [0, 0.05) is 13.7 Å². The molecule has 3 aromatic rings. The van der Waals surface area contributed by atoms with Crippen LogP contribution >= 0.6 is 0 Å². The Morgan fingerprint density at radius 2 is 1.69 bits per heavy atom. The number of fused-ring (bicyclic) bond motifs is 1. The Kier molecular flexibility index (Phi) is 5.71. The smallest absolute Gasteiger partial charge is 0.307 e. The van der Waals surface area contributed by atoms with Gasteiger partial charge in [-0.3, -0.25) is 4.79 Å². The fraction of sp³-hybridized carbons (Fsp3) is 0.190. The summed E-state index contributed by atoms with van der Waals surface area (Å²) in [6.45, 7) is 0.663. The topological polar surface area (TPSA) is 70.6 Å². The quantitative estimate of drug-likeness (QED) is 0.528. The first kappa shape index (κ1) is 17.8. The molecule has 0 bridgehead atoms. The lowest BCUT2D eigenvalue weighted by atomic mass is 10.0. The summed E-state index contributed by atoms with van der Waals surface area (Å²) in [5.74, 6) is -0.912. The number of ether oxygens (including phenoxy) is 1. The van der Waals surface area contributed by atoms with E-state index in [0.29, 0.717) is 6.54 Å². The number of para-hydroxylation sites is 2. The van der Waals surface area contributed by atoms with E-state index in [0.717, 1.165) is 11.4 Å². The van der Waals surface area contributed by atoms with E-state index in [4.69, 9.17) is 9.84 Å². The highest BCUT2D eigenvalue weighted by Gasteiger charge is 2.13. The van der Waals surface area contributed by atoms with Crippen molar-refractivity contribution in [3.63, 3.8) is 0 Å². The monoisotopic (exact) mass is 350 g/mol. The minimum absolute atomic E-state index is 0.117. The van der Waals surface area contributed by atoms with E-state index in [9.17, 15) is 4.79 Å². The van der Waals surface area contributed by atoms with E-state index in [1.54, 1.807) is 0 Å². The summed E-state index contributed by atoms with van der Waals surface area (Å²) in [6.07, 6.45) is -0.707. The fourth-order valence-corrected chi connectivity index (χ4v) is 2.93. The van der Waals surface area contributed by atoms with E-state index < -0.39 is 12.2 Å². The maximum absolute atomic E-state index is 10.9. The molecule has 0 saturated carbocycles. The van der Waals surface area contributed by atoms with E-state index in [-0.39, 0.29) is 6.42 Å². The van der Waals surface area contributed by atoms with Crippen LogP contribution < -0.4 is 10.6 Å². The average Bonchev–Trinajstić information content (AvgIpc) is 2.66. The molecule has 0 spiro atoms. The molecule has 0 fully saturated rings. The third kappa shape index (κ3) is 4.32. The van der Waals surface area contributed by atoms with E-state index in [1.807, 2.05) is 36.4 Å². The summed E-state index contributed by atoms with van der Waals surface area (Å²) in [5, 5.41) is 18.0. The average molecular weight is 350 g/mol. The molecule has 0 amide bonds. The Bertz CT molecular complexity index is 890. The van der Waals surface area contributed by atoms with E-state index in [1.165, 1.54) is 23.4 Å². The minimum atomic E-state index is -0.912. The van der Waals surface area contributed by atoms with Gasteiger partial charge in [-0.15, -0.1) is 0 Å². The molecule has 3 aromatic carbocycles. The maximum Gasteiger partial charge on any atom is 0.307 e. The Hall–Kier alpha value is -3.05. The molecule has 0 heterocycles. The molecule has 0 aliphatic rings. The van der Waals surface area contributed by atoms with Gasteiger partial charge in [0.25, 0.3) is 0 Å². The zero-order chi connectivity index (χ0) is 18.4. The lowest BCUT2D eigenvalue weighted by Gasteiger charge is -2.20. The van der Waals surface area contributed by atoms with Crippen LogP contribution in [-0.2, 0) is 16.1 Å². The molecule has 5 heteroatoms. The molecular formula is C21H22N2O3. The number of methoxy groups -OCH3 is 1. The minimum Gasteiger partial charge on any atom is -0.481 e. The van der Waals surface area contributed by atoms with Crippen LogP contribution in [0.25, 0.3) is 10.8 Å². The number of nitrogens with one attached hydrogen (secondary N) is 2. The number of hydrogen-bond donors (Lipinski definition) is 3. The Morgan fingerprint density at radius 1 is 1.00 bits per heavy atom. The number of anilines is 2. The maximum atomic E-state index is 10.9. The van der Waals surface area contributed by atoms with Gasteiger partial charge in [0.2, 0.25) is 0 Å². The largest absolute Gasteiger partial charge is 0.481 e. The SMILES string of the molecule is COC(CC(=O)O)Nc1ccccc1NCc1cccc2ccccc12. The van der Waals surface area contributed by atoms with Crippen molar-refractivity contribution >= 4 is 28.1 Å². The molecule has 26 heavy (non-hydrogen) atoms.